The molecular weight excluding hydrogens is 354 g/mol. The quantitative estimate of drug-likeness (QED) is 0.773. The lowest BCUT2D eigenvalue weighted by Gasteiger charge is -2.35. The van der Waals surface area contributed by atoms with E-state index in [4.69, 9.17) is 4.74 Å². The summed E-state index contributed by atoms with van der Waals surface area (Å²) in [5, 5.41) is 0. The molecule has 6 heteroatoms. The maximum Gasteiger partial charge on any atom is 0.253 e. The average Bonchev–Trinajstić information content (AvgIpc) is 3.57. The minimum atomic E-state index is 0.00750. The molecule has 2 aliphatic rings. The van der Waals surface area contributed by atoms with Gasteiger partial charge in [0.25, 0.3) is 5.91 Å². The normalized spacial score (nSPS) is 16.7. The van der Waals surface area contributed by atoms with Crippen LogP contribution in [0.5, 0.6) is 5.75 Å². The number of piperazine rings is 1. The van der Waals surface area contributed by atoms with Gasteiger partial charge in [-0.15, -0.1) is 0 Å². The molecule has 0 N–H and O–H groups in total. The van der Waals surface area contributed by atoms with Gasteiger partial charge < -0.3 is 14.5 Å². The Labute approximate surface area is 165 Å². The van der Waals surface area contributed by atoms with Gasteiger partial charge in [0.2, 0.25) is 5.91 Å². The van der Waals surface area contributed by atoms with E-state index < -0.39 is 0 Å². The SMILES string of the molecule is O=C(Cc1cccnc1)N1CCN(C(=O)c2ccc(OCC3CC3)cc2)CC1. The molecule has 0 atom stereocenters. The molecular formula is C22H25N3O3. The fourth-order valence-corrected chi connectivity index (χ4v) is 3.32. The summed E-state index contributed by atoms with van der Waals surface area (Å²) in [6.07, 6.45) is 6.28. The highest BCUT2D eigenvalue weighted by Crippen LogP contribution is 2.29. The predicted octanol–water partition coefficient (Wildman–Crippen LogP) is 2.40. The van der Waals surface area contributed by atoms with Crippen LogP contribution in [0.4, 0.5) is 0 Å². The standard InChI is InChI=1S/C22H25N3O3/c26-21(14-18-2-1-9-23-15-18)24-10-12-25(13-11-24)22(27)19-5-7-20(8-6-19)28-16-17-3-4-17/h1-2,5-9,15,17H,3-4,10-14,16H2. The number of benzene rings is 1. The number of carbonyl (C=O) groups excluding carboxylic acids is 2. The molecule has 0 unspecified atom stereocenters. The van der Waals surface area contributed by atoms with Crippen molar-refractivity contribution < 1.29 is 14.3 Å². The topological polar surface area (TPSA) is 62.7 Å². The fraction of sp³-hybridized carbons (Fsp3) is 0.409. The van der Waals surface area contributed by atoms with Crippen molar-refractivity contribution >= 4 is 11.8 Å². The Bertz CT molecular complexity index is 811. The first-order valence-electron chi connectivity index (χ1n) is 9.88. The van der Waals surface area contributed by atoms with E-state index in [1.807, 2.05) is 46.2 Å². The fourth-order valence-electron chi connectivity index (χ4n) is 3.32. The van der Waals surface area contributed by atoms with Gasteiger partial charge in [-0.25, -0.2) is 0 Å². The molecule has 28 heavy (non-hydrogen) atoms. The molecule has 0 spiro atoms. The van der Waals surface area contributed by atoms with E-state index in [1.54, 1.807) is 12.4 Å². The number of ether oxygens (including phenoxy) is 1. The summed E-state index contributed by atoms with van der Waals surface area (Å²) < 4.78 is 5.73. The molecule has 2 heterocycles. The number of carbonyl (C=O) groups is 2. The summed E-state index contributed by atoms with van der Waals surface area (Å²) in [5.74, 6) is 1.61. The third-order valence-corrected chi connectivity index (χ3v) is 5.28. The van der Waals surface area contributed by atoms with Gasteiger partial charge in [-0.2, -0.15) is 0 Å². The Kier molecular flexibility index (Phi) is 5.55. The van der Waals surface area contributed by atoms with Gasteiger partial charge in [-0.3, -0.25) is 14.6 Å². The van der Waals surface area contributed by atoms with E-state index in [0.717, 1.165) is 17.9 Å². The number of hydrogen-bond donors (Lipinski definition) is 0. The van der Waals surface area contributed by atoms with E-state index in [-0.39, 0.29) is 11.8 Å². The highest BCUT2D eigenvalue weighted by atomic mass is 16.5. The van der Waals surface area contributed by atoms with Crippen LogP contribution in [0.3, 0.4) is 0 Å². The molecule has 0 bridgehead atoms. The van der Waals surface area contributed by atoms with Crippen LogP contribution < -0.4 is 4.74 Å². The minimum absolute atomic E-state index is 0.00750. The van der Waals surface area contributed by atoms with E-state index in [9.17, 15) is 9.59 Å². The second kappa shape index (κ2) is 8.42. The number of pyridine rings is 1. The van der Waals surface area contributed by atoms with Crippen LogP contribution >= 0.6 is 0 Å². The number of hydrogen-bond acceptors (Lipinski definition) is 4. The Hall–Kier alpha value is -2.89. The molecule has 2 aromatic rings. The van der Waals surface area contributed by atoms with Crippen LogP contribution in [-0.4, -0.2) is 59.4 Å². The summed E-state index contributed by atoms with van der Waals surface area (Å²) in [7, 11) is 0. The van der Waals surface area contributed by atoms with Crippen molar-refractivity contribution in [1.82, 2.24) is 14.8 Å². The number of amides is 2. The van der Waals surface area contributed by atoms with E-state index in [1.165, 1.54) is 12.8 Å². The lowest BCUT2D eigenvalue weighted by Crippen LogP contribution is -2.51. The summed E-state index contributed by atoms with van der Waals surface area (Å²) in [6.45, 7) is 3.00. The Morgan fingerprint density at radius 1 is 1.00 bits per heavy atom. The summed E-state index contributed by atoms with van der Waals surface area (Å²) >= 11 is 0. The molecule has 146 valence electrons. The number of nitrogens with zero attached hydrogens (tertiary/aromatic N) is 3. The van der Waals surface area contributed by atoms with Crippen molar-refractivity contribution in [2.24, 2.45) is 5.92 Å². The van der Waals surface area contributed by atoms with Crippen LogP contribution in [0.25, 0.3) is 0 Å². The maximum absolute atomic E-state index is 12.7. The predicted molar refractivity (Wildman–Crippen MR) is 105 cm³/mol. The molecule has 1 aliphatic carbocycles. The van der Waals surface area contributed by atoms with Crippen LogP contribution in [0.1, 0.15) is 28.8 Å². The molecule has 4 rings (SSSR count). The second-order valence-corrected chi connectivity index (χ2v) is 7.49. The zero-order chi connectivity index (χ0) is 19.3. The van der Waals surface area contributed by atoms with Gasteiger partial charge in [-0.05, 0) is 54.7 Å². The van der Waals surface area contributed by atoms with Crippen LogP contribution in [-0.2, 0) is 11.2 Å². The smallest absolute Gasteiger partial charge is 0.253 e. The summed E-state index contributed by atoms with van der Waals surface area (Å²) in [4.78, 5) is 32.9. The second-order valence-electron chi connectivity index (χ2n) is 7.49. The zero-order valence-corrected chi connectivity index (χ0v) is 15.9. The highest BCUT2D eigenvalue weighted by molar-refractivity contribution is 5.94. The molecule has 0 radical (unpaired) electrons. The van der Waals surface area contributed by atoms with Gasteiger partial charge in [0.05, 0.1) is 13.0 Å². The first-order valence-corrected chi connectivity index (χ1v) is 9.88. The molecule has 6 nitrogen and oxygen atoms in total. The first-order chi connectivity index (χ1) is 13.7. The molecule has 1 aromatic heterocycles. The van der Waals surface area contributed by atoms with Crippen molar-refractivity contribution in [3.63, 3.8) is 0 Å². The summed E-state index contributed by atoms with van der Waals surface area (Å²) in [6, 6.07) is 11.1. The average molecular weight is 379 g/mol. The van der Waals surface area contributed by atoms with Crippen LogP contribution in [0.2, 0.25) is 0 Å². The third kappa shape index (κ3) is 4.68. The van der Waals surface area contributed by atoms with Crippen molar-refractivity contribution in [2.45, 2.75) is 19.3 Å². The Morgan fingerprint density at radius 3 is 2.36 bits per heavy atom. The van der Waals surface area contributed by atoms with E-state index in [0.29, 0.717) is 44.1 Å². The Balaban J connectivity index is 1.26. The van der Waals surface area contributed by atoms with Crippen molar-refractivity contribution in [2.75, 3.05) is 32.8 Å². The Morgan fingerprint density at radius 2 is 1.71 bits per heavy atom. The molecule has 2 amide bonds. The third-order valence-electron chi connectivity index (χ3n) is 5.28. The van der Waals surface area contributed by atoms with Gasteiger partial charge in [0, 0.05) is 44.1 Å². The molecule has 1 saturated heterocycles. The van der Waals surface area contributed by atoms with Crippen LogP contribution in [0.15, 0.2) is 48.8 Å². The monoisotopic (exact) mass is 379 g/mol. The van der Waals surface area contributed by atoms with Crippen LogP contribution in [0, 0.1) is 5.92 Å². The lowest BCUT2D eigenvalue weighted by molar-refractivity contribution is -0.131. The minimum Gasteiger partial charge on any atom is -0.493 e. The zero-order valence-electron chi connectivity index (χ0n) is 15.9. The molecule has 1 aromatic carbocycles. The van der Waals surface area contributed by atoms with Gasteiger partial charge >= 0.3 is 0 Å². The van der Waals surface area contributed by atoms with Gasteiger partial charge in [0.15, 0.2) is 0 Å². The van der Waals surface area contributed by atoms with E-state index >= 15 is 0 Å². The molecule has 2 fully saturated rings. The lowest BCUT2D eigenvalue weighted by atomic mass is 10.1. The van der Waals surface area contributed by atoms with Gasteiger partial charge in [0.1, 0.15) is 5.75 Å². The number of rotatable bonds is 6. The van der Waals surface area contributed by atoms with Crippen molar-refractivity contribution in [3.8, 4) is 5.75 Å². The van der Waals surface area contributed by atoms with E-state index in [2.05, 4.69) is 4.98 Å². The van der Waals surface area contributed by atoms with Crippen molar-refractivity contribution in [3.05, 3.63) is 59.9 Å². The molecule has 1 saturated carbocycles. The first kappa shape index (κ1) is 18.5. The highest BCUT2D eigenvalue weighted by Gasteiger charge is 2.25. The van der Waals surface area contributed by atoms with Gasteiger partial charge in [-0.1, -0.05) is 6.07 Å². The van der Waals surface area contributed by atoms with Crippen molar-refractivity contribution in [1.29, 1.82) is 0 Å². The maximum atomic E-state index is 12.7. The molecule has 1 aliphatic heterocycles. The summed E-state index contributed by atoms with van der Waals surface area (Å²) in [5.41, 5.74) is 1.57. The number of aromatic nitrogens is 1. The largest absolute Gasteiger partial charge is 0.493 e.